The second-order valence-electron chi connectivity index (χ2n) is 4.69. The molecule has 1 N–H and O–H groups in total. The smallest absolute Gasteiger partial charge is 0.254 e. The number of rotatable bonds is 4. The van der Waals surface area contributed by atoms with Gasteiger partial charge in [-0.15, -0.1) is 0 Å². The van der Waals surface area contributed by atoms with Crippen LogP contribution in [0.1, 0.15) is 38.1 Å². The summed E-state index contributed by atoms with van der Waals surface area (Å²) in [6.45, 7) is 6.01. The van der Waals surface area contributed by atoms with E-state index in [1.165, 1.54) is 6.07 Å². The third kappa shape index (κ3) is 3.22. The normalized spacial score (nSPS) is 10.7. The molecule has 4 nitrogen and oxygen atoms in total. The van der Waals surface area contributed by atoms with Crippen molar-refractivity contribution in [3.8, 4) is 11.6 Å². The summed E-state index contributed by atoms with van der Waals surface area (Å²) in [6.07, 6.45) is 0.871. The van der Waals surface area contributed by atoms with Gasteiger partial charge in [0, 0.05) is 5.92 Å². The second-order valence-corrected chi connectivity index (χ2v) is 4.69. The third-order valence-corrected chi connectivity index (χ3v) is 2.85. The number of aromatic amines is 1. The topological polar surface area (TPSA) is 55.0 Å². The lowest BCUT2D eigenvalue weighted by molar-refractivity contribution is 0.450. The minimum atomic E-state index is -0.192. The summed E-state index contributed by atoms with van der Waals surface area (Å²) in [7, 11) is 0. The van der Waals surface area contributed by atoms with Crippen molar-refractivity contribution < 1.29 is 4.74 Å². The van der Waals surface area contributed by atoms with Crippen molar-refractivity contribution in [2.45, 2.75) is 33.1 Å². The van der Waals surface area contributed by atoms with Crippen LogP contribution in [0, 0.1) is 0 Å². The van der Waals surface area contributed by atoms with Crippen LogP contribution in [0.25, 0.3) is 0 Å². The molecule has 1 heterocycles. The fourth-order valence-electron chi connectivity index (χ4n) is 1.79. The van der Waals surface area contributed by atoms with Gasteiger partial charge in [-0.3, -0.25) is 4.79 Å². The zero-order valence-corrected chi connectivity index (χ0v) is 11.4. The predicted molar refractivity (Wildman–Crippen MR) is 74.8 cm³/mol. The summed E-state index contributed by atoms with van der Waals surface area (Å²) in [5.41, 5.74) is 0.901. The van der Waals surface area contributed by atoms with E-state index in [1.54, 1.807) is 0 Å². The van der Waals surface area contributed by atoms with Crippen LogP contribution in [0.15, 0.2) is 35.1 Å². The number of nitrogens with zero attached hydrogens (tertiary/aromatic N) is 1. The highest BCUT2D eigenvalue weighted by Crippen LogP contribution is 2.24. The van der Waals surface area contributed by atoms with Gasteiger partial charge in [0.25, 0.3) is 5.56 Å². The van der Waals surface area contributed by atoms with E-state index in [0.29, 0.717) is 11.7 Å². The number of aryl methyl sites for hydroxylation is 1. The van der Waals surface area contributed by atoms with Crippen LogP contribution in [0.3, 0.4) is 0 Å². The van der Waals surface area contributed by atoms with Gasteiger partial charge in [0.05, 0.1) is 6.07 Å². The van der Waals surface area contributed by atoms with Gasteiger partial charge in [0.2, 0.25) is 5.88 Å². The number of H-pyrrole nitrogens is 1. The molecule has 2 rings (SSSR count). The fourth-order valence-corrected chi connectivity index (χ4v) is 1.79. The van der Waals surface area contributed by atoms with E-state index < -0.39 is 0 Å². The number of para-hydroxylation sites is 1. The monoisotopic (exact) mass is 258 g/mol. The molecule has 0 radical (unpaired) electrons. The average Bonchev–Trinajstić information content (AvgIpc) is 2.38. The molecule has 0 atom stereocenters. The lowest BCUT2D eigenvalue weighted by Crippen LogP contribution is -2.12. The Morgan fingerprint density at radius 1 is 1.32 bits per heavy atom. The van der Waals surface area contributed by atoms with Crippen molar-refractivity contribution in [1.82, 2.24) is 9.97 Å². The van der Waals surface area contributed by atoms with Gasteiger partial charge in [-0.1, -0.05) is 39.0 Å². The number of hydrogen-bond acceptors (Lipinski definition) is 3. The Morgan fingerprint density at radius 3 is 2.74 bits per heavy atom. The van der Waals surface area contributed by atoms with Gasteiger partial charge in [-0.25, -0.2) is 0 Å². The summed E-state index contributed by atoms with van der Waals surface area (Å²) < 4.78 is 5.74. The summed E-state index contributed by atoms with van der Waals surface area (Å²) in [6, 6.07) is 9.14. The molecule has 0 unspecified atom stereocenters. The van der Waals surface area contributed by atoms with Crippen molar-refractivity contribution >= 4 is 0 Å². The van der Waals surface area contributed by atoms with E-state index in [4.69, 9.17) is 4.74 Å². The Morgan fingerprint density at radius 2 is 2.05 bits per heavy atom. The third-order valence-electron chi connectivity index (χ3n) is 2.85. The van der Waals surface area contributed by atoms with Crippen LogP contribution in [0.5, 0.6) is 11.6 Å². The van der Waals surface area contributed by atoms with Gasteiger partial charge >= 0.3 is 0 Å². The molecule has 0 fully saturated rings. The van der Waals surface area contributed by atoms with E-state index in [0.717, 1.165) is 17.7 Å². The first-order valence-corrected chi connectivity index (χ1v) is 6.47. The molecule has 0 aliphatic carbocycles. The molecular weight excluding hydrogens is 240 g/mol. The lowest BCUT2D eigenvalue weighted by atomic mass is 10.1. The molecule has 1 aromatic carbocycles. The number of nitrogens with one attached hydrogen (secondary N) is 1. The summed E-state index contributed by atoms with van der Waals surface area (Å²) in [5.74, 6) is 1.88. The van der Waals surface area contributed by atoms with E-state index in [2.05, 4.69) is 16.9 Å². The Balaban J connectivity index is 2.35. The molecule has 0 saturated carbocycles. The van der Waals surface area contributed by atoms with E-state index >= 15 is 0 Å². The number of hydrogen-bond donors (Lipinski definition) is 1. The van der Waals surface area contributed by atoms with E-state index in [9.17, 15) is 4.79 Å². The van der Waals surface area contributed by atoms with Gasteiger partial charge in [-0.2, -0.15) is 4.98 Å². The average molecular weight is 258 g/mol. The first-order valence-electron chi connectivity index (χ1n) is 6.47. The largest absolute Gasteiger partial charge is 0.438 e. The van der Waals surface area contributed by atoms with Crippen molar-refractivity contribution in [3.05, 3.63) is 52.1 Å². The van der Waals surface area contributed by atoms with E-state index in [1.807, 2.05) is 38.1 Å². The molecule has 0 saturated heterocycles. The highest BCUT2D eigenvalue weighted by Gasteiger charge is 2.08. The zero-order valence-electron chi connectivity index (χ0n) is 11.4. The zero-order chi connectivity index (χ0) is 13.8. The molecule has 0 aliphatic heterocycles. The van der Waals surface area contributed by atoms with Crippen LogP contribution in [0.4, 0.5) is 0 Å². The standard InChI is InChI=1S/C15H18N2O2/c1-4-11-7-5-6-8-12(11)19-14-9-13(18)16-15(17-14)10(2)3/h5-10H,4H2,1-3H3,(H,16,17,18). The van der Waals surface area contributed by atoms with Crippen LogP contribution < -0.4 is 10.3 Å². The molecule has 19 heavy (non-hydrogen) atoms. The molecule has 0 spiro atoms. The van der Waals surface area contributed by atoms with Crippen LogP contribution in [-0.4, -0.2) is 9.97 Å². The highest BCUT2D eigenvalue weighted by atomic mass is 16.5. The molecule has 0 bridgehead atoms. The lowest BCUT2D eigenvalue weighted by Gasteiger charge is -2.10. The molecule has 100 valence electrons. The SMILES string of the molecule is CCc1ccccc1Oc1cc(=O)[nH]c(C(C)C)n1. The maximum atomic E-state index is 11.6. The van der Waals surface area contributed by atoms with Crippen molar-refractivity contribution in [3.63, 3.8) is 0 Å². The number of benzene rings is 1. The van der Waals surface area contributed by atoms with Crippen molar-refractivity contribution in [2.24, 2.45) is 0 Å². The maximum absolute atomic E-state index is 11.6. The Kier molecular flexibility index (Phi) is 4.00. The molecule has 4 heteroatoms. The molecule has 0 aliphatic rings. The first-order chi connectivity index (χ1) is 9.10. The molecular formula is C15H18N2O2. The van der Waals surface area contributed by atoms with Crippen LogP contribution in [0.2, 0.25) is 0 Å². The van der Waals surface area contributed by atoms with Gasteiger partial charge < -0.3 is 9.72 Å². The van der Waals surface area contributed by atoms with Crippen LogP contribution >= 0.6 is 0 Å². The number of aromatic nitrogens is 2. The minimum Gasteiger partial charge on any atom is -0.438 e. The highest BCUT2D eigenvalue weighted by molar-refractivity contribution is 5.35. The Labute approximate surface area is 112 Å². The van der Waals surface area contributed by atoms with Gasteiger partial charge in [0.15, 0.2) is 0 Å². The fraction of sp³-hybridized carbons (Fsp3) is 0.333. The van der Waals surface area contributed by atoms with E-state index in [-0.39, 0.29) is 11.5 Å². The van der Waals surface area contributed by atoms with Crippen LogP contribution in [-0.2, 0) is 6.42 Å². The maximum Gasteiger partial charge on any atom is 0.254 e. The molecule has 1 aromatic heterocycles. The molecule has 2 aromatic rings. The first kappa shape index (κ1) is 13.3. The van der Waals surface area contributed by atoms with Crippen molar-refractivity contribution in [2.75, 3.05) is 0 Å². The summed E-state index contributed by atoms with van der Waals surface area (Å²) in [5, 5.41) is 0. The quantitative estimate of drug-likeness (QED) is 0.915. The van der Waals surface area contributed by atoms with Crippen molar-refractivity contribution in [1.29, 1.82) is 0 Å². The van der Waals surface area contributed by atoms with Gasteiger partial charge in [-0.05, 0) is 18.1 Å². The van der Waals surface area contributed by atoms with Gasteiger partial charge in [0.1, 0.15) is 11.6 Å². The second kappa shape index (κ2) is 5.69. The Bertz CT molecular complexity index is 618. The minimum absolute atomic E-state index is 0.151. The summed E-state index contributed by atoms with van der Waals surface area (Å²) in [4.78, 5) is 18.6. The molecule has 0 amide bonds. The summed E-state index contributed by atoms with van der Waals surface area (Å²) >= 11 is 0. The Hall–Kier alpha value is -2.10. The predicted octanol–water partition coefficient (Wildman–Crippen LogP) is 3.25. The number of ether oxygens (including phenoxy) is 1.